The van der Waals surface area contributed by atoms with Crippen LogP contribution in [0, 0.1) is 0 Å². The molecular weight excluding hydrogens is 214 g/mol. The van der Waals surface area contributed by atoms with Gasteiger partial charge in [-0.25, -0.2) is 4.98 Å². The summed E-state index contributed by atoms with van der Waals surface area (Å²) in [6, 6.07) is -0.0252. The largest absolute Gasteiger partial charge is 0.347 e. The molecule has 4 nitrogen and oxygen atoms in total. The molecule has 0 fully saturated rings. The second-order valence-corrected chi connectivity index (χ2v) is 3.67. The number of amides is 1. The Bertz CT molecular complexity index is 287. The van der Waals surface area contributed by atoms with Crippen LogP contribution in [0.15, 0.2) is 12.4 Å². The van der Waals surface area contributed by atoms with E-state index in [1.54, 1.807) is 12.4 Å². The fourth-order valence-corrected chi connectivity index (χ4v) is 1.46. The van der Waals surface area contributed by atoms with Crippen molar-refractivity contribution < 1.29 is 4.79 Å². The molecule has 1 heterocycles. The zero-order valence-electron chi connectivity index (χ0n) is 8.79. The maximum Gasteiger partial charge on any atom is 0.220 e. The van der Waals surface area contributed by atoms with Gasteiger partial charge >= 0.3 is 0 Å². The van der Waals surface area contributed by atoms with E-state index in [9.17, 15) is 4.79 Å². The van der Waals surface area contributed by atoms with E-state index >= 15 is 0 Å². The summed E-state index contributed by atoms with van der Waals surface area (Å²) < 4.78 is 0. The van der Waals surface area contributed by atoms with Gasteiger partial charge in [0, 0.05) is 24.7 Å². The molecule has 0 bridgehead atoms. The number of aromatic nitrogens is 2. The van der Waals surface area contributed by atoms with Gasteiger partial charge in [0.15, 0.2) is 0 Å². The number of hydrogen-bond acceptors (Lipinski definition) is 2. The van der Waals surface area contributed by atoms with Crippen molar-refractivity contribution in [2.45, 2.75) is 32.2 Å². The van der Waals surface area contributed by atoms with E-state index in [0.717, 1.165) is 12.2 Å². The normalized spacial score (nSPS) is 12.4. The monoisotopic (exact) mass is 229 g/mol. The number of halogens is 1. The zero-order valence-corrected chi connectivity index (χ0v) is 9.55. The number of H-pyrrole nitrogens is 1. The minimum atomic E-state index is -0.0252. The van der Waals surface area contributed by atoms with Gasteiger partial charge in [0.1, 0.15) is 5.82 Å². The lowest BCUT2D eigenvalue weighted by atomic mass is 10.2. The Morgan fingerprint density at radius 1 is 1.73 bits per heavy atom. The van der Waals surface area contributed by atoms with Crippen molar-refractivity contribution in [2.75, 3.05) is 5.88 Å². The summed E-state index contributed by atoms with van der Waals surface area (Å²) in [7, 11) is 0. The molecule has 0 aliphatic carbocycles. The van der Waals surface area contributed by atoms with Crippen LogP contribution >= 0.6 is 11.6 Å². The van der Waals surface area contributed by atoms with E-state index in [2.05, 4.69) is 15.3 Å². The molecule has 1 rings (SSSR count). The highest BCUT2D eigenvalue weighted by Gasteiger charge is 2.13. The highest BCUT2D eigenvalue weighted by molar-refractivity contribution is 6.17. The first-order valence-corrected chi connectivity index (χ1v) is 5.66. The fourth-order valence-electron chi connectivity index (χ4n) is 1.33. The van der Waals surface area contributed by atoms with Crippen LogP contribution in [0.1, 0.15) is 38.1 Å². The average molecular weight is 230 g/mol. The number of nitrogens with one attached hydrogen (secondary N) is 2. The van der Waals surface area contributed by atoms with Gasteiger partial charge in [-0.05, 0) is 12.8 Å². The molecule has 1 unspecified atom stereocenters. The first kappa shape index (κ1) is 12.0. The summed E-state index contributed by atoms with van der Waals surface area (Å²) in [5.74, 6) is 1.35. The Kier molecular flexibility index (Phi) is 5.18. The van der Waals surface area contributed by atoms with Crippen molar-refractivity contribution in [1.82, 2.24) is 15.3 Å². The van der Waals surface area contributed by atoms with Gasteiger partial charge in [0.05, 0.1) is 6.04 Å². The maximum atomic E-state index is 11.5. The first-order valence-electron chi connectivity index (χ1n) is 5.12. The molecule has 84 valence electrons. The van der Waals surface area contributed by atoms with Crippen molar-refractivity contribution in [3.8, 4) is 0 Å². The van der Waals surface area contributed by atoms with Crippen molar-refractivity contribution in [3.05, 3.63) is 18.2 Å². The Morgan fingerprint density at radius 2 is 2.53 bits per heavy atom. The molecule has 2 N–H and O–H groups in total. The summed E-state index contributed by atoms with van der Waals surface area (Å²) >= 11 is 5.52. The van der Waals surface area contributed by atoms with Crippen LogP contribution in [0.5, 0.6) is 0 Å². The van der Waals surface area contributed by atoms with Crippen molar-refractivity contribution in [2.24, 2.45) is 0 Å². The molecule has 0 aliphatic rings. The van der Waals surface area contributed by atoms with Crippen LogP contribution in [0.3, 0.4) is 0 Å². The van der Waals surface area contributed by atoms with Crippen LogP contribution in [0.2, 0.25) is 0 Å². The minimum Gasteiger partial charge on any atom is -0.347 e. The number of hydrogen-bond donors (Lipinski definition) is 2. The molecule has 1 aromatic rings. The molecule has 0 aliphatic heterocycles. The standard InChI is InChI=1S/C10H16ClN3O/c1-2-8(10-12-6-7-13-10)14-9(15)4-3-5-11/h6-8H,2-5H2,1H3,(H,12,13)(H,14,15). The predicted octanol–water partition coefficient (Wildman–Crippen LogP) is 2.00. The Balaban J connectivity index is 2.44. The first-order chi connectivity index (χ1) is 7.27. The highest BCUT2D eigenvalue weighted by atomic mass is 35.5. The summed E-state index contributed by atoms with van der Waals surface area (Å²) in [4.78, 5) is 18.6. The molecule has 0 saturated carbocycles. The van der Waals surface area contributed by atoms with E-state index in [4.69, 9.17) is 11.6 Å². The molecule has 15 heavy (non-hydrogen) atoms. The summed E-state index contributed by atoms with van der Waals surface area (Å²) in [6.45, 7) is 2.01. The number of carbonyl (C=O) groups is 1. The number of rotatable bonds is 6. The lowest BCUT2D eigenvalue weighted by molar-refractivity contribution is -0.121. The quantitative estimate of drug-likeness (QED) is 0.733. The van der Waals surface area contributed by atoms with Gasteiger partial charge < -0.3 is 10.3 Å². The number of carbonyl (C=O) groups excluding carboxylic acids is 1. The van der Waals surface area contributed by atoms with E-state index in [1.165, 1.54) is 0 Å². The number of nitrogens with zero attached hydrogens (tertiary/aromatic N) is 1. The smallest absolute Gasteiger partial charge is 0.220 e. The molecule has 1 amide bonds. The molecule has 0 radical (unpaired) electrons. The topological polar surface area (TPSA) is 57.8 Å². The van der Waals surface area contributed by atoms with Crippen LogP contribution in [-0.2, 0) is 4.79 Å². The van der Waals surface area contributed by atoms with Gasteiger partial charge in [0.25, 0.3) is 0 Å². The van der Waals surface area contributed by atoms with Crippen LogP contribution in [0.25, 0.3) is 0 Å². The van der Waals surface area contributed by atoms with Crippen LogP contribution < -0.4 is 5.32 Å². The molecule has 0 spiro atoms. The number of imidazole rings is 1. The predicted molar refractivity (Wildman–Crippen MR) is 59.7 cm³/mol. The summed E-state index contributed by atoms with van der Waals surface area (Å²) in [6.07, 6.45) is 5.44. The molecule has 0 saturated heterocycles. The van der Waals surface area contributed by atoms with Gasteiger partial charge in [-0.2, -0.15) is 0 Å². The van der Waals surface area contributed by atoms with E-state index in [1.807, 2.05) is 6.92 Å². The third kappa shape index (κ3) is 3.91. The lowest BCUT2D eigenvalue weighted by Crippen LogP contribution is -2.28. The van der Waals surface area contributed by atoms with Crippen molar-refractivity contribution >= 4 is 17.5 Å². The van der Waals surface area contributed by atoms with E-state index < -0.39 is 0 Å². The van der Waals surface area contributed by atoms with Crippen LogP contribution in [-0.4, -0.2) is 21.8 Å². The summed E-state index contributed by atoms with van der Waals surface area (Å²) in [5, 5.41) is 2.91. The second-order valence-electron chi connectivity index (χ2n) is 3.30. The molecule has 5 heteroatoms. The van der Waals surface area contributed by atoms with Crippen molar-refractivity contribution in [1.29, 1.82) is 0 Å². The number of aromatic amines is 1. The van der Waals surface area contributed by atoms with Gasteiger partial charge in [-0.1, -0.05) is 6.92 Å². The van der Waals surface area contributed by atoms with E-state index in [-0.39, 0.29) is 11.9 Å². The van der Waals surface area contributed by atoms with Gasteiger partial charge in [-0.15, -0.1) is 11.6 Å². The van der Waals surface area contributed by atoms with E-state index in [0.29, 0.717) is 18.7 Å². The maximum absolute atomic E-state index is 11.5. The van der Waals surface area contributed by atoms with Crippen LogP contribution in [0.4, 0.5) is 0 Å². The molecule has 1 atom stereocenters. The Morgan fingerprint density at radius 3 is 3.07 bits per heavy atom. The van der Waals surface area contributed by atoms with Gasteiger partial charge in [0.2, 0.25) is 5.91 Å². The molecule has 0 aromatic carbocycles. The molecule has 1 aromatic heterocycles. The van der Waals surface area contributed by atoms with Gasteiger partial charge in [-0.3, -0.25) is 4.79 Å². The SMILES string of the molecule is CCC(NC(=O)CCCCl)c1ncc[nH]1. The Hall–Kier alpha value is -1.03. The Labute approximate surface area is 94.4 Å². The molecular formula is C10H16ClN3O. The number of alkyl halides is 1. The third-order valence-corrected chi connectivity index (χ3v) is 2.40. The minimum absolute atomic E-state index is 0.0252. The zero-order chi connectivity index (χ0) is 11.1. The summed E-state index contributed by atoms with van der Waals surface area (Å²) in [5.41, 5.74) is 0. The lowest BCUT2D eigenvalue weighted by Gasteiger charge is -2.14. The fraction of sp³-hybridized carbons (Fsp3) is 0.600. The second kappa shape index (κ2) is 6.45. The third-order valence-electron chi connectivity index (χ3n) is 2.13. The van der Waals surface area contributed by atoms with Crippen molar-refractivity contribution in [3.63, 3.8) is 0 Å². The highest BCUT2D eigenvalue weighted by Crippen LogP contribution is 2.11. The average Bonchev–Trinajstić information content (AvgIpc) is 2.76.